The summed E-state index contributed by atoms with van der Waals surface area (Å²) in [5.41, 5.74) is 1.67. The maximum absolute atomic E-state index is 12.0. The van der Waals surface area contributed by atoms with Gasteiger partial charge in [-0.2, -0.15) is 0 Å². The highest BCUT2D eigenvalue weighted by Gasteiger charge is 2.12. The molecule has 0 bridgehead atoms. The number of rotatable bonds is 7. The largest absolute Gasteiger partial charge is 0.372 e. The van der Waals surface area contributed by atoms with E-state index in [0.29, 0.717) is 18.8 Å². The van der Waals surface area contributed by atoms with E-state index in [1.807, 2.05) is 37.3 Å². The van der Waals surface area contributed by atoms with E-state index in [1.54, 1.807) is 30.5 Å². The number of amides is 2. The number of nitrogens with one attached hydrogen (secondary N) is 2. The van der Waals surface area contributed by atoms with Crippen LogP contribution in [0.15, 0.2) is 59.5 Å². The summed E-state index contributed by atoms with van der Waals surface area (Å²) in [4.78, 5) is 12.8. The van der Waals surface area contributed by atoms with Crippen LogP contribution in [-0.4, -0.2) is 29.6 Å². The van der Waals surface area contributed by atoms with Crippen molar-refractivity contribution in [1.82, 2.24) is 5.32 Å². The van der Waals surface area contributed by atoms with Crippen molar-refractivity contribution < 1.29 is 13.7 Å². The van der Waals surface area contributed by atoms with Gasteiger partial charge in [0.15, 0.2) is 0 Å². The number of ether oxygens (including phenoxy) is 1. The molecule has 0 unspecified atom stereocenters. The molecular weight excluding hydrogens is 324 g/mol. The Morgan fingerprint density at radius 3 is 2.38 bits per heavy atom. The van der Waals surface area contributed by atoms with Crippen LogP contribution in [0, 0.1) is 0 Å². The molecular formula is C18H22N2O3S. The lowest BCUT2D eigenvalue weighted by atomic mass is 10.1. The van der Waals surface area contributed by atoms with Crippen LogP contribution in [-0.2, 0) is 15.5 Å². The summed E-state index contributed by atoms with van der Waals surface area (Å²) >= 11 is 0. The molecule has 0 aliphatic carbocycles. The summed E-state index contributed by atoms with van der Waals surface area (Å²) in [6.45, 7) is 2.87. The van der Waals surface area contributed by atoms with Gasteiger partial charge in [-0.1, -0.05) is 30.3 Å². The van der Waals surface area contributed by atoms with Gasteiger partial charge >= 0.3 is 6.03 Å². The predicted octanol–water partition coefficient (Wildman–Crippen LogP) is 3.32. The van der Waals surface area contributed by atoms with Gasteiger partial charge in [-0.3, -0.25) is 4.21 Å². The molecule has 2 aromatic rings. The SMILES string of the molecule is CCO[C@@H](CNC(=O)Nc1ccc([S@@](C)=O)cc1)c1ccccc1. The number of carbonyl (C=O) groups excluding carboxylic acids is 1. The topological polar surface area (TPSA) is 67.4 Å². The van der Waals surface area contributed by atoms with Crippen LogP contribution in [0.25, 0.3) is 0 Å². The summed E-state index contributed by atoms with van der Waals surface area (Å²) in [6, 6.07) is 16.4. The monoisotopic (exact) mass is 346 g/mol. The van der Waals surface area contributed by atoms with Gasteiger partial charge in [0, 0.05) is 40.8 Å². The van der Waals surface area contributed by atoms with Crippen molar-refractivity contribution in [3.63, 3.8) is 0 Å². The lowest BCUT2D eigenvalue weighted by Gasteiger charge is -2.18. The van der Waals surface area contributed by atoms with Gasteiger partial charge in [0.25, 0.3) is 0 Å². The van der Waals surface area contributed by atoms with E-state index in [9.17, 15) is 9.00 Å². The molecule has 128 valence electrons. The van der Waals surface area contributed by atoms with Crippen LogP contribution < -0.4 is 10.6 Å². The molecule has 0 aliphatic rings. The average Bonchev–Trinajstić information content (AvgIpc) is 2.60. The normalized spacial score (nSPS) is 13.1. The van der Waals surface area contributed by atoms with Crippen molar-refractivity contribution in [2.24, 2.45) is 0 Å². The Hall–Kier alpha value is -2.18. The highest BCUT2D eigenvalue weighted by molar-refractivity contribution is 7.84. The van der Waals surface area contributed by atoms with Crippen molar-refractivity contribution in [2.45, 2.75) is 17.9 Å². The standard InChI is InChI=1S/C18H22N2O3S/c1-3-23-17(14-7-5-4-6-8-14)13-19-18(21)20-15-9-11-16(12-10-15)24(2)22/h4-12,17H,3,13H2,1-2H3,(H2,19,20,21)/t17-,24+/m0/s1. The van der Waals surface area contributed by atoms with Crippen molar-refractivity contribution in [3.05, 3.63) is 60.2 Å². The van der Waals surface area contributed by atoms with Crippen molar-refractivity contribution in [1.29, 1.82) is 0 Å². The smallest absolute Gasteiger partial charge is 0.319 e. The minimum atomic E-state index is -1.03. The second-order valence-corrected chi connectivity index (χ2v) is 6.55. The molecule has 0 saturated carbocycles. The molecule has 2 atom stereocenters. The number of carbonyl (C=O) groups is 1. The molecule has 0 fully saturated rings. The van der Waals surface area contributed by atoms with E-state index >= 15 is 0 Å². The molecule has 0 spiro atoms. The molecule has 2 rings (SSSR count). The molecule has 0 aromatic heterocycles. The fourth-order valence-electron chi connectivity index (χ4n) is 2.23. The molecule has 2 aromatic carbocycles. The molecule has 6 heteroatoms. The van der Waals surface area contributed by atoms with Crippen LogP contribution in [0.3, 0.4) is 0 Å². The second kappa shape index (κ2) is 9.20. The van der Waals surface area contributed by atoms with Gasteiger partial charge in [0.2, 0.25) is 0 Å². The highest BCUT2D eigenvalue weighted by atomic mass is 32.2. The summed E-state index contributed by atoms with van der Waals surface area (Å²) in [6.07, 6.45) is 1.43. The molecule has 0 saturated heterocycles. The molecule has 24 heavy (non-hydrogen) atoms. The Balaban J connectivity index is 1.90. The third-order valence-corrected chi connectivity index (χ3v) is 4.37. The first-order chi connectivity index (χ1) is 11.6. The van der Waals surface area contributed by atoms with E-state index in [2.05, 4.69) is 10.6 Å². The first-order valence-electron chi connectivity index (χ1n) is 7.75. The first kappa shape index (κ1) is 18.2. The Morgan fingerprint density at radius 1 is 1.12 bits per heavy atom. The van der Waals surface area contributed by atoms with Crippen LogP contribution in [0.2, 0.25) is 0 Å². The quantitative estimate of drug-likeness (QED) is 0.808. The average molecular weight is 346 g/mol. The minimum Gasteiger partial charge on any atom is -0.372 e. The lowest BCUT2D eigenvalue weighted by molar-refractivity contribution is 0.0643. The van der Waals surface area contributed by atoms with Gasteiger partial charge in [-0.15, -0.1) is 0 Å². The first-order valence-corrected chi connectivity index (χ1v) is 9.31. The fourth-order valence-corrected chi connectivity index (χ4v) is 2.75. The summed E-state index contributed by atoms with van der Waals surface area (Å²) < 4.78 is 17.0. The Labute approximate surface area is 144 Å². The van der Waals surface area contributed by atoms with E-state index in [4.69, 9.17) is 4.74 Å². The summed E-state index contributed by atoms with van der Waals surface area (Å²) in [5.74, 6) is 0. The Bertz CT molecular complexity index is 674. The Kier molecular flexibility index (Phi) is 6.96. The van der Waals surface area contributed by atoms with Gasteiger partial charge in [0.1, 0.15) is 0 Å². The highest BCUT2D eigenvalue weighted by Crippen LogP contribution is 2.16. The zero-order valence-corrected chi connectivity index (χ0v) is 14.6. The molecule has 0 radical (unpaired) electrons. The molecule has 2 amide bonds. The van der Waals surface area contributed by atoms with Crippen molar-refractivity contribution >= 4 is 22.5 Å². The third-order valence-electron chi connectivity index (χ3n) is 3.43. The zero-order chi connectivity index (χ0) is 17.4. The maximum atomic E-state index is 12.0. The van der Waals surface area contributed by atoms with Gasteiger partial charge in [-0.25, -0.2) is 4.79 Å². The van der Waals surface area contributed by atoms with Crippen molar-refractivity contribution in [2.75, 3.05) is 24.7 Å². The number of urea groups is 1. The minimum absolute atomic E-state index is 0.188. The lowest BCUT2D eigenvalue weighted by Crippen LogP contribution is -2.33. The fraction of sp³-hybridized carbons (Fsp3) is 0.278. The van der Waals surface area contributed by atoms with Gasteiger partial charge in [-0.05, 0) is 36.8 Å². The predicted molar refractivity (Wildman–Crippen MR) is 96.6 cm³/mol. The zero-order valence-electron chi connectivity index (χ0n) is 13.8. The van der Waals surface area contributed by atoms with Crippen LogP contribution in [0.4, 0.5) is 10.5 Å². The number of hydrogen-bond acceptors (Lipinski definition) is 3. The number of hydrogen-bond donors (Lipinski definition) is 2. The molecule has 5 nitrogen and oxygen atoms in total. The van der Waals surface area contributed by atoms with E-state index in [-0.39, 0.29) is 12.1 Å². The van der Waals surface area contributed by atoms with Crippen LogP contribution >= 0.6 is 0 Å². The maximum Gasteiger partial charge on any atom is 0.319 e. The second-order valence-electron chi connectivity index (χ2n) is 5.17. The molecule has 0 aliphatic heterocycles. The van der Waals surface area contributed by atoms with Crippen LogP contribution in [0.5, 0.6) is 0 Å². The molecule has 2 N–H and O–H groups in total. The number of benzene rings is 2. The van der Waals surface area contributed by atoms with E-state index < -0.39 is 10.8 Å². The van der Waals surface area contributed by atoms with E-state index in [0.717, 1.165) is 10.5 Å². The Morgan fingerprint density at radius 2 is 1.79 bits per heavy atom. The summed E-state index contributed by atoms with van der Waals surface area (Å²) in [5, 5.41) is 5.57. The van der Waals surface area contributed by atoms with Crippen molar-refractivity contribution in [3.8, 4) is 0 Å². The van der Waals surface area contributed by atoms with Gasteiger partial charge in [0.05, 0.1) is 6.10 Å². The van der Waals surface area contributed by atoms with E-state index in [1.165, 1.54) is 0 Å². The molecule has 0 heterocycles. The number of anilines is 1. The third kappa shape index (κ3) is 5.47. The van der Waals surface area contributed by atoms with Crippen LogP contribution in [0.1, 0.15) is 18.6 Å². The van der Waals surface area contributed by atoms with Gasteiger partial charge < -0.3 is 15.4 Å². The summed E-state index contributed by atoms with van der Waals surface area (Å²) in [7, 11) is -1.03.